The number of β-amino-alcohol motifs (C(OH)–C–C–N with tert-alkyl or cyclic N) is 1. The summed E-state index contributed by atoms with van der Waals surface area (Å²) in [5, 5.41) is 24.9. The van der Waals surface area contributed by atoms with E-state index in [1.807, 2.05) is 0 Å². The zero-order chi connectivity index (χ0) is 21.7. The van der Waals surface area contributed by atoms with E-state index < -0.39 is 30.2 Å². The van der Waals surface area contributed by atoms with E-state index in [9.17, 15) is 14.7 Å². The molecule has 0 saturated carbocycles. The first-order chi connectivity index (χ1) is 14.4. The van der Waals surface area contributed by atoms with Crippen LogP contribution in [0.4, 0.5) is 4.79 Å². The Hall–Kier alpha value is -3.05. The largest absolute Gasteiger partial charge is 0.497 e. The van der Waals surface area contributed by atoms with Gasteiger partial charge in [0.1, 0.15) is 30.4 Å². The third kappa shape index (κ3) is 4.74. The standard InChI is InChI=1S/C19H27N5O6/c1-23-16-15(17(27)22-19(23)28)24(18(21-16)20-8-3-9-25)10-12(26)11-30-14-6-4-13(29-2)5-7-14/h4-7,12,15-16,25-26H,3,8-11H2,1-2H3,(H,20,21)(H,22,27,28). The number of aliphatic imine (C=N–C) groups is 1. The lowest BCUT2D eigenvalue weighted by molar-refractivity contribution is -0.127. The molecule has 4 N–H and O–H groups in total. The fourth-order valence-electron chi connectivity index (χ4n) is 3.32. The molecule has 0 aromatic heterocycles. The number of nitrogens with zero attached hydrogens (tertiary/aromatic N) is 3. The molecule has 0 radical (unpaired) electrons. The fraction of sp³-hybridized carbons (Fsp3) is 0.526. The molecule has 2 saturated heterocycles. The average Bonchev–Trinajstić information content (AvgIpc) is 3.10. The molecule has 0 bridgehead atoms. The lowest BCUT2D eigenvalue weighted by atomic mass is 10.1. The predicted molar refractivity (Wildman–Crippen MR) is 107 cm³/mol. The van der Waals surface area contributed by atoms with Crippen molar-refractivity contribution in [1.29, 1.82) is 0 Å². The molecule has 3 atom stereocenters. The molecular formula is C19H27N5O6. The van der Waals surface area contributed by atoms with Crippen LogP contribution in [-0.4, -0.2) is 96.7 Å². The van der Waals surface area contributed by atoms with Crippen LogP contribution < -0.4 is 20.1 Å². The second-order valence-corrected chi connectivity index (χ2v) is 7.01. The number of rotatable bonds is 9. The van der Waals surface area contributed by atoms with Crippen LogP contribution in [0.25, 0.3) is 0 Å². The smallest absolute Gasteiger partial charge is 0.325 e. The van der Waals surface area contributed by atoms with Crippen molar-refractivity contribution >= 4 is 17.9 Å². The molecule has 3 unspecified atom stereocenters. The van der Waals surface area contributed by atoms with Crippen LogP contribution in [0.3, 0.4) is 0 Å². The number of hydrogen-bond acceptors (Lipinski definition) is 7. The number of fused-ring (bicyclic) bond motifs is 1. The molecule has 1 aromatic rings. The zero-order valence-electron chi connectivity index (χ0n) is 16.9. The Labute approximate surface area is 174 Å². The number of nitrogens with one attached hydrogen (secondary N) is 2. The number of amides is 3. The Morgan fingerprint density at radius 3 is 2.60 bits per heavy atom. The number of guanidine groups is 1. The van der Waals surface area contributed by atoms with Gasteiger partial charge in [-0.25, -0.2) is 4.79 Å². The van der Waals surface area contributed by atoms with E-state index in [0.29, 0.717) is 30.4 Å². The molecule has 2 heterocycles. The molecule has 164 valence electrons. The van der Waals surface area contributed by atoms with E-state index in [4.69, 9.17) is 14.6 Å². The number of likely N-dealkylation sites (N-methyl/N-ethyl adjacent to an activating group) is 1. The molecule has 11 nitrogen and oxygen atoms in total. The number of methoxy groups -OCH3 is 1. The first-order valence-corrected chi connectivity index (χ1v) is 9.65. The van der Waals surface area contributed by atoms with Gasteiger partial charge in [0, 0.05) is 20.2 Å². The highest BCUT2D eigenvalue weighted by atomic mass is 16.5. The minimum absolute atomic E-state index is 0.000520. The molecule has 2 aliphatic rings. The number of ether oxygens (including phenoxy) is 2. The molecule has 2 aliphatic heterocycles. The summed E-state index contributed by atoms with van der Waals surface area (Å²) < 4.78 is 10.7. The van der Waals surface area contributed by atoms with Crippen molar-refractivity contribution in [2.24, 2.45) is 4.99 Å². The van der Waals surface area contributed by atoms with Gasteiger partial charge in [-0.3, -0.25) is 15.1 Å². The van der Waals surface area contributed by atoms with E-state index in [0.717, 1.165) is 0 Å². The Kier molecular flexibility index (Phi) is 6.95. The lowest BCUT2D eigenvalue weighted by Crippen LogP contribution is -2.65. The monoisotopic (exact) mass is 421 g/mol. The summed E-state index contributed by atoms with van der Waals surface area (Å²) in [6.45, 7) is 0.394. The summed E-state index contributed by atoms with van der Waals surface area (Å²) in [6.07, 6.45) is -1.07. The van der Waals surface area contributed by atoms with Gasteiger partial charge in [-0.2, -0.15) is 0 Å². The topological polar surface area (TPSA) is 136 Å². The van der Waals surface area contributed by atoms with Gasteiger partial charge in [0.15, 0.2) is 12.0 Å². The first kappa shape index (κ1) is 21.7. The summed E-state index contributed by atoms with van der Waals surface area (Å²) in [4.78, 5) is 31.8. The highest BCUT2D eigenvalue weighted by Crippen LogP contribution is 2.21. The van der Waals surface area contributed by atoms with Gasteiger partial charge in [0.2, 0.25) is 0 Å². The van der Waals surface area contributed by atoms with Crippen molar-refractivity contribution in [3.63, 3.8) is 0 Å². The van der Waals surface area contributed by atoms with E-state index >= 15 is 0 Å². The summed E-state index contributed by atoms with van der Waals surface area (Å²) in [5.41, 5.74) is 0. The summed E-state index contributed by atoms with van der Waals surface area (Å²) >= 11 is 0. The van der Waals surface area contributed by atoms with Crippen molar-refractivity contribution in [3.8, 4) is 11.5 Å². The highest BCUT2D eigenvalue weighted by Gasteiger charge is 2.50. The van der Waals surface area contributed by atoms with Gasteiger partial charge in [0.05, 0.1) is 13.7 Å². The maximum atomic E-state index is 12.5. The second-order valence-electron chi connectivity index (χ2n) is 7.01. The average molecular weight is 421 g/mol. The van der Waals surface area contributed by atoms with Crippen molar-refractivity contribution in [2.45, 2.75) is 24.7 Å². The van der Waals surface area contributed by atoms with Crippen LogP contribution in [-0.2, 0) is 4.79 Å². The van der Waals surface area contributed by atoms with Gasteiger partial charge in [-0.15, -0.1) is 0 Å². The Bertz CT molecular complexity index is 786. The van der Waals surface area contributed by atoms with Crippen LogP contribution in [0.1, 0.15) is 6.42 Å². The number of urea groups is 1. The number of carbonyl (C=O) groups excluding carboxylic acids is 2. The minimum Gasteiger partial charge on any atom is -0.497 e. The molecule has 0 spiro atoms. The van der Waals surface area contributed by atoms with Crippen molar-refractivity contribution < 1.29 is 29.3 Å². The van der Waals surface area contributed by atoms with Crippen LogP contribution >= 0.6 is 0 Å². The SMILES string of the molecule is COc1ccc(OCC(O)CN2C(=NCCCO)NC3C2C(=O)NC(=O)N3C)cc1. The number of aliphatic hydroxyl groups is 2. The van der Waals surface area contributed by atoms with Crippen LogP contribution in [0.15, 0.2) is 29.3 Å². The maximum absolute atomic E-state index is 12.5. The number of benzene rings is 1. The van der Waals surface area contributed by atoms with Crippen molar-refractivity contribution in [3.05, 3.63) is 24.3 Å². The summed E-state index contributed by atoms with van der Waals surface area (Å²) in [5.74, 6) is 1.19. The zero-order valence-corrected chi connectivity index (χ0v) is 16.9. The third-order valence-corrected chi connectivity index (χ3v) is 4.91. The van der Waals surface area contributed by atoms with Gasteiger partial charge < -0.3 is 34.8 Å². The molecule has 3 amide bonds. The summed E-state index contributed by atoms with van der Waals surface area (Å²) in [7, 11) is 3.15. The quantitative estimate of drug-likeness (QED) is 0.371. The maximum Gasteiger partial charge on any atom is 0.325 e. The van der Waals surface area contributed by atoms with Gasteiger partial charge >= 0.3 is 6.03 Å². The van der Waals surface area contributed by atoms with Crippen molar-refractivity contribution in [2.75, 3.05) is 40.5 Å². The molecule has 1 aromatic carbocycles. The summed E-state index contributed by atoms with van der Waals surface area (Å²) in [6, 6.07) is 5.72. The number of carbonyl (C=O) groups is 2. The van der Waals surface area contributed by atoms with E-state index in [1.54, 1.807) is 43.3 Å². The van der Waals surface area contributed by atoms with Crippen molar-refractivity contribution in [1.82, 2.24) is 20.4 Å². The number of imide groups is 1. The predicted octanol–water partition coefficient (Wildman–Crippen LogP) is -1.05. The van der Waals surface area contributed by atoms with E-state index in [-0.39, 0.29) is 19.8 Å². The fourth-order valence-corrected chi connectivity index (χ4v) is 3.32. The molecule has 11 heteroatoms. The first-order valence-electron chi connectivity index (χ1n) is 9.65. The molecule has 30 heavy (non-hydrogen) atoms. The van der Waals surface area contributed by atoms with E-state index in [2.05, 4.69) is 15.6 Å². The Morgan fingerprint density at radius 2 is 1.93 bits per heavy atom. The number of aliphatic hydroxyl groups excluding tert-OH is 2. The highest BCUT2D eigenvalue weighted by molar-refractivity contribution is 6.04. The minimum atomic E-state index is -0.925. The van der Waals surface area contributed by atoms with Crippen LogP contribution in [0.5, 0.6) is 11.5 Å². The molecule has 2 fully saturated rings. The molecular weight excluding hydrogens is 394 g/mol. The molecule has 0 aliphatic carbocycles. The van der Waals surface area contributed by atoms with Crippen LogP contribution in [0, 0.1) is 0 Å². The van der Waals surface area contributed by atoms with Gasteiger partial charge in [0.25, 0.3) is 5.91 Å². The lowest BCUT2D eigenvalue weighted by Gasteiger charge is -2.35. The Morgan fingerprint density at radius 1 is 1.23 bits per heavy atom. The second kappa shape index (κ2) is 9.63. The Balaban J connectivity index is 1.68. The molecule has 3 rings (SSSR count). The number of hydrogen-bond donors (Lipinski definition) is 4. The van der Waals surface area contributed by atoms with Crippen LogP contribution in [0.2, 0.25) is 0 Å². The van der Waals surface area contributed by atoms with Gasteiger partial charge in [-0.1, -0.05) is 0 Å². The third-order valence-electron chi connectivity index (χ3n) is 4.91. The van der Waals surface area contributed by atoms with E-state index in [1.165, 1.54) is 4.90 Å². The van der Waals surface area contributed by atoms with Gasteiger partial charge in [-0.05, 0) is 30.7 Å². The normalized spacial score (nSPS) is 23.1.